The van der Waals surface area contributed by atoms with E-state index in [9.17, 15) is 0 Å². The van der Waals surface area contributed by atoms with Gasteiger partial charge in [-0.25, -0.2) is 0 Å². The lowest BCUT2D eigenvalue weighted by atomic mass is 10.2. The van der Waals surface area contributed by atoms with Gasteiger partial charge >= 0.3 is 0 Å². The van der Waals surface area contributed by atoms with Crippen molar-refractivity contribution < 1.29 is 4.74 Å². The normalized spacial score (nSPS) is 23.3. The summed E-state index contributed by atoms with van der Waals surface area (Å²) in [5.41, 5.74) is 0. The maximum atomic E-state index is 5.59. The lowest BCUT2D eigenvalue weighted by molar-refractivity contribution is 0.114. The van der Waals surface area contributed by atoms with Gasteiger partial charge in [0.05, 0.1) is 6.61 Å². The largest absolute Gasteiger partial charge is 0.379 e. The average Bonchev–Trinajstić information content (AvgIpc) is 3.16. The monoisotopic (exact) mass is 438 g/mol. The van der Waals surface area contributed by atoms with E-state index in [-0.39, 0.29) is 24.0 Å². The summed E-state index contributed by atoms with van der Waals surface area (Å²) in [6, 6.07) is 1.37. The summed E-state index contributed by atoms with van der Waals surface area (Å²) >= 11 is 0. The Bertz CT molecular complexity index is 345. The molecule has 1 heterocycles. The number of ether oxygens (including phenoxy) is 1. The molecule has 1 saturated heterocycles. The van der Waals surface area contributed by atoms with Crippen molar-refractivity contribution in [3.63, 3.8) is 0 Å². The van der Waals surface area contributed by atoms with Crippen LogP contribution in [0.1, 0.15) is 46.0 Å². The SMILES string of the molecule is CN=C(NCCOCC(C)C)NC1CCN(C2CCCC2)C1.I. The molecule has 1 aliphatic heterocycles. The molecule has 1 unspecified atom stereocenters. The van der Waals surface area contributed by atoms with Crippen molar-refractivity contribution in [2.75, 3.05) is 39.9 Å². The topological polar surface area (TPSA) is 48.9 Å². The first-order valence-corrected chi connectivity index (χ1v) is 8.98. The molecule has 0 bridgehead atoms. The van der Waals surface area contributed by atoms with Crippen LogP contribution in [-0.2, 0) is 4.74 Å². The highest BCUT2D eigenvalue weighted by Crippen LogP contribution is 2.26. The van der Waals surface area contributed by atoms with E-state index in [1.165, 1.54) is 38.6 Å². The molecule has 2 fully saturated rings. The molecule has 1 saturated carbocycles. The number of rotatable bonds is 7. The summed E-state index contributed by atoms with van der Waals surface area (Å²) < 4.78 is 5.59. The van der Waals surface area contributed by atoms with E-state index in [2.05, 4.69) is 34.4 Å². The van der Waals surface area contributed by atoms with Crippen LogP contribution in [0.25, 0.3) is 0 Å². The number of likely N-dealkylation sites (tertiary alicyclic amines) is 1. The van der Waals surface area contributed by atoms with Gasteiger partial charge in [-0.1, -0.05) is 26.7 Å². The summed E-state index contributed by atoms with van der Waals surface area (Å²) in [5, 5.41) is 6.91. The van der Waals surface area contributed by atoms with Crippen LogP contribution in [0, 0.1) is 5.92 Å². The van der Waals surface area contributed by atoms with Crippen molar-refractivity contribution >= 4 is 29.9 Å². The zero-order valence-corrected chi connectivity index (χ0v) is 17.3. The third-order valence-corrected chi connectivity index (χ3v) is 4.62. The fourth-order valence-electron chi connectivity index (χ4n) is 3.45. The molecule has 0 radical (unpaired) electrons. The Kier molecular flexibility index (Phi) is 10.5. The Morgan fingerprint density at radius 3 is 2.65 bits per heavy atom. The number of aliphatic imine (C=N–C) groups is 1. The van der Waals surface area contributed by atoms with Crippen LogP contribution < -0.4 is 10.6 Å². The second-order valence-electron chi connectivity index (χ2n) is 7.03. The fourth-order valence-corrected chi connectivity index (χ4v) is 3.45. The van der Waals surface area contributed by atoms with Gasteiger partial charge in [-0.15, -0.1) is 24.0 Å². The lowest BCUT2D eigenvalue weighted by Gasteiger charge is -2.24. The van der Waals surface area contributed by atoms with Gasteiger partial charge in [0.2, 0.25) is 0 Å². The van der Waals surface area contributed by atoms with Gasteiger partial charge < -0.3 is 15.4 Å². The molecule has 0 amide bonds. The Morgan fingerprint density at radius 1 is 1.26 bits per heavy atom. The first-order chi connectivity index (χ1) is 10.7. The lowest BCUT2D eigenvalue weighted by Crippen LogP contribution is -2.46. The second-order valence-corrected chi connectivity index (χ2v) is 7.03. The third kappa shape index (κ3) is 7.56. The Morgan fingerprint density at radius 2 is 2.00 bits per heavy atom. The minimum Gasteiger partial charge on any atom is -0.379 e. The minimum absolute atomic E-state index is 0. The first-order valence-electron chi connectivity index (χ1n) is 8.98. The van der Waals surface area contributed by atoms with Crippen LogP contribution in [0.15, 0.2) is 4.99 Å². The number of hydrogen-bond donors (Lipinski definition) is 2. The molecule has 0 aromatic carbocycles. The molecular formula is C17H35IN4O. The van der Waals surface area contributed by atoms with Crippen LogP contribution >= 0.6 is 24.0 Å². The van der Waals surface area contributed by atoms with Crippen LogP contribution in [0.2, 0.25) is 0 Å². The van der Waals surface area contributed by atoms with Crippen molar-refractivity contribution in [3.8, 4) is 0 Å². The fraction of sp³-hybridized carbons (Fsp3) is 0.941. The summed E-state index contributed by atoms with van der Waals surface area (Å²) in [6.45, 7) is 9.11. The van der Waals surface area contributed by atoms with Gasteiger partial charge in [0.1, 0.15) is 0 Å². The highest BCUT2D eigenvalue weighted by molar-refractivity contribution is 14.0. The second kappa shape index (κ2) is 11.5. The van der Waals surface area contributed by atoms with Crippen molar-refractivity contribution in [1.29, 1.82) is 0 Å². The van der Waals surface area contributed by atoms with Crippen LogP contribution in [0.5, 0.6) is 0 Å². The Hall–Kier alpha value is -0.0800. The number of nitrogens with zero attached hydrogens (tertiary/aromatic N) is 2. The van der Waals surface area contributed by atoms with Crippen molar-refractivity contribution in [1.82, 2.24) is 15.5 Å². The zero-order chi connectivity index (χ0) is 15.8. The highest BCUT2D eigenvalue weighted by Gasteiger charge is 2.30. The first kappa shape index (κ1) is 21.0. The third-order valence-electron chi connectivity index (χ3n) is 4.62. The molecule has 5 nitrogen and oxygen atoms in total. The predicted octanol–water partition coefficient (Wildman–Crippen LogP) is 2.46. The molecule has 6 heteroatoms. The van der Waals surface area contributed by atoms with Gasteiger partial charge in [-0.2, -0.15) is 0 Å². The molecule has 2 rings (SSSR count). The van der Waals surface area contributed by atoms with E-state index >= 15 is 0 Å². The standard InChI is InChI=1S/C17H34N4O.HI/c1-14(2)13-22-11-9-19-17(18-3)20-15-8-10-21(12-15)16-6-4-5-7-16;/h14-16H,4-13H2,1-3H3,(H2,18,19,20);1H. The van der Waals surface area contributed by atoms with Crippen molar-refractivity contribution in [2.24, 2.45) is 10.9 Å². The molecule has 0 spiro atoms. The maximum Gasteiger partial charge on any atom is 0.191 e. The van der Waals surface area contributed by atoms with Crippen molar-refractivity contribution in [2.45, 2.75) is 58.0 Å². The Balaban J connectivity index is 0.00000264. The number of halogens is 1. The number of guanidine groups is 1. The summed E-state index contributed by atoms with van der Waals surface area (Å²) in [4.78, 5) is 7.00. The van der Waals surface area contributed by atoms with E-state index in [1.807, 2.05) is 7.05 Å². The van der Waals surface area contributed by atoms with Crippen LogP contribution in [0.3, 0.4) is 0 Å². The number of nitrogens with one attached hydrogen (secondary N) is 2. The quantitative estimate of drug-likeness (QED) is 0.278. The molecular weight excluding hydrogens is 403 g/mol. The number of hydrogen-bond acceptors (Lipinski definition) is 3. The predicted molar refractivity (Wildman–Crippen MR) is 108 cm³/mol. The van der Waals surface area contributed by atoms with Gasteiger partial charge in [0.25, 0.3) is 0 Å². The maximum absolute atomic E-state index is 5.59. The van der Waals surface area contributed by atoms with Gasteiger partial charge in [-0.05, 0) is 25.2 Å². The van der Waals surface area contributed by atoms with E-state index in [1.54, 1.807) is 0 Å². The average molecular weight is 438 g/mol. The van der Waals surface area contributed by atoms with Crippen molar-refractivity contribution in [3.05, 3.63) is 0 Å². The molecule has 136 valence electrons. The van der Waals surface area contributed by atoms with E-state index in [0.29, 0.717) is 12.0 Å². The summed E-state index contributed by atoms with van der Waals surface area (Å²) in [7, 11) is 1.84. The molecule has 2 N–H and O–H groups in total. The van der Waals surface area contributed by atoms with Gasteiger partial charge in [0, 0.05) is 45.4 Å². The molecule has 1 aliphatic carbocycles. The summed E-state index contributed by atoms with van der Waals surface area (Å²) in [5.74, 6) is 1.50. The zero-order valence-electron chi connectivity index (χ0n) is 15.0. The van der Waals surface area contributed by atoms with E-state index in [0.717, 1.165) is 38.3 Å². The minimum atomic E-state index is 0. The van der Waals surface area contributed by atoms with Gasteiger partial charge in [-0.3, -0.25) is 9.89 Å². The van der Waals surface area contributed by atoms with Crippen LogP contribution in [-0.4, -0.2) is 62.8 Å². The molecule has 1 atom stereocenters. The summed E-state index contributed by atoms with van der Waals surface area (Å²) in [6.07, 6.45) is 6.85. The smallest absolute Gasteiger partial charge is 0.191 e. The molecule has 0 aromatic heterocycles. The molecule has 23 heavy (non-hydrogen) atoms. The Labute approximate surface area is 159 Å². The van der Waals surface area contributed by atoms with Gasteiger partial charge in [0.15, 0.2) is 5.96 Å². The molecule has 2 aliphatic rings. The molecule has 0 aromatic rings. The van der Waals surface area contributed by atoms with Crippen LogP contribution in [0.4, 0.5) is 0 Å². The highest BCUT2D eigenvalue weighted by atomic mass is 127. The van der Waals surface area contributed by atoms with E-state index < -0.39 is 0 Å². The van der Waals surface area contributed by atoms with E-state index in [4.69, 9.17) is 4.74 Å².